The molecule has 0 saturated heterocycles. The van der Waals surface area contributed by atoms with Crippen molar-refractivity contribution in [1.82, 2.24) is 4.98 Å². The molecule has 2 aromatic heterocycles. The Kier molecular flexibility index (Phi) is 3.79. The summed E-state index contributed by atoms with van der Waals surface area (Å²) in [7, 11) is 0. The largest absolute Gasteiger partial charge is 0.472 e. The molecule has 0 aromatic carbocycles. The summed E-state index contributed by atoms with van der Waals surface area (Å²) in [5, 5.41) is 10.8. The molecule has 0 spiro atoms. The molecule has 2 aromatic rings. The minimum absolute atomic E-state index is 0.0446. The number of aryl methyl sites for hydroxylation is 1. The van der Waals surface area contributed by atoms with E-state index in [0.717, 1.165) is 17.9 Å². The Morgan fingerprint density at radius 2 is 2.32 bits per heavy atom. The molecule has 0 amide bonds. The maximum atomic E-state index is 10.8. The van der Waals surface area contributed by atoms with Crippen LogP contribution in [0, 0.1) is 17.0 Å². The van der Waals surface area contributed by atoms with E-state index < -0.39 is 4.92 Å². The van der Waals surface area contributed by atoms with E-state index in [0.29, 0.717) is 12.1 Å². The van der Waals surface area contributed by atoms with E-state index in [2.05, 4.69) is 4.98 Å². The smallest absolute Gasteiger partial charge is 0.290 e. The number of nitrogens with zero attached hydrogens (tertiary/aromatic N) is 3. The summed E-state index contributed by atoms with van der Waals surface area (Å²) in [5.41, 5.74) is 1.70. The summed E-state index contributed by atoms with van der Waals surface area (Å²) in [6, 6.07) is 3.63. The Morgan fingerprint density at radius 1 is 1.53 bits per heavy atom. The fourth-order valence-corrected chi connectivity index (χ4v) is 1.86. The van der Waals surface area contributed by atoms with Gasteiger partial charge in [0.25, 0.3) is 5.69 Å². The minimum atomic E-state index is -0.418. The highest BCUT2D eigenvalue weighted by Crippen LogP contribution is 2.22. The summed E-state index contributed by atoms with van der Waals surface area (Å²) >= 11 is 0. The molecule has 0 aliphatic carbocycles. The van der Waals surface area contributed by atoms with Gasteiger partial charge in [-0.15, -0.1) is 0 Å². The standard InChI is InChI=1S/C13H15N3O3/c1-3-15(8-11-4-5-19-9-11)13-6-10(2)12(7-14-13)16(17)18/h4-7,9H,3,8H2,1-2H3. The topological polar surface area (TPSA) is 72.4 Å². The first kappa shape index (κ1) is 13.1. The van der Waals surface area contributed by atoms with Crippen LogP contribution in [0.15, 0.2) is 35.3 Å². The molecule has 19 heavy (non-hydrogen) atoms. The second-order valence-electron chi connectivity index (χ2n) is 4.23. The predicted molar refractivity (Wildman–Crippen MR) is 71.1 cm³/mol. The Labute approximate surface area is 110 Å². The van der Waals surface area contributed by atoms with Crippen LogP contribution in [0.2, 0.25) is 0 Å². The monoisotopic (exact) mass is 261 g/mol. The molecule has 0 N–H and O–H groups in total. The van der Waals surface area contributed by atoms with Crippen molar-refractivity contribution in [2.75, 3.05) is 11.4 Å². The Morgan fingerprint density at radius 3 is 2.84 bits per heavy atom. The maximum Gasteiger partial charge on any atom is 0.290 e. The van der Waals surface area contributed by atoms with Crippen LogP contribution in [-0.4, -0.2) is 16.5 Å². The van der Waals surface area contributed by atoms with Gasteiger partial charge in [0.1, 0.15) is 12.0 Å². The lowest BCUT2D eigenvalue weighted by Crippen LogP contribution is -2.22. The lowest BCUT2D eigenvalue weighted by Gasteiger charge is -2.21. The fraction of sp³-hybridized carbons (Fsp3) is 0.308. The number of rotatable bonds is 5. The highest BCUT2D eigenvalue weighted by atomic mass is 16.6. The van der Waals surface area contributed by atoms with Crippen molar-refractivity contribution in [3.63, 3.8) is 0 Å². The van der Waals surface area contributed by atoms with E-state index in [1.807, 2.05) is 17.9 Å². The molecule has 0 unspecified atom stereocenters. The lowest BCUT2D eigenvalue weighted by atomic mass is 10.2. The van der Waals surface area contributed by atoms with Gasteiger partial charge in [0.2, 0.25) is 0 Å². The third-order valence-corrected chi connectivity index (χ3v) is 2.92. The predicted octanol–water partition coefficient (Wildman–Crippen LogP) is 2.92. The van der Waals surface area contributed by atoms with Crippen LogP contribution in [-0.2, 0) is 6.54 Å². The van der Waals surface area contributed by atoms with Crippen molar-refractivity contribution in [2.24, 2.45) is 0 Å². The van der Waals surface area contributed by atoms with Crippen LogP contribution in [0.3, 0.4) is 0 Å². The number of pyridine rings is 1. The quantitative estimate of drug-likeness (QED) is 0.611. The molecule has 0 radical (unpaired) electrons. The highest BCUT2D eigenvalue weighted by Gasteiger charge is 2.14. The van der Waals surface area contributed by atoms with Crippen LogP contribution in [0.4, 0.5) is 11.5 Å². The third-order valence-electron chi connectivity index (χ3n) is 2.92. The minimum Gasteiger partial charge on any atom is -0.472 e. The Balaban J connectivity index is 2.23. The zero-order valence-corrected chi connectivity index (χ0v) is 10.9. The number of hydrogen-bond acceptors (Lipinski definition) is 5. The maximum absolute atomic E-state index is 10.8. The molecule has 2 rings (SSSR count). The molecule has 100 valence electrons. The van der Waals surface area contributed by atoms with Crippen molar-refractivity contribution in [3.8, 4) is 0 Å². The van der Waals surface area contributed by atoms with Gasteiger partial charge in [0, 0.05) is 24.2 Å². The molecule has 0 fully saturated rings. The van der Waals surface area contributed by atoms with Crippen molar-refractivity contribution in [2.45, 2.75) is 20.4 Å². The Bertz CT molecular complexity index is 567. The summed E-state index contributed by atoms with van der Waals surface area (Å²) < 4.78 is 5.03. The van der Waals surface area contributed by atoms with Crippen molar-refractivity contribution in [3.05, 3.63) is 52.1 Å². The van der Waals surface area contributed by atoms with Crippen LogP contribution >= 0.6 is 0 Å². The second kappa shape index (κ2) is 5.51. The fourth-order valence-electron chi connectivity index (χ4n) is 1.86. The number of nitro groups is 1. The molecular weight excluding hydrogens is 246 g/mol. The number of anilines is 1. The van der Waals surface area contributed by atoms with Gasteiger partial charge in [-0.2, -0.15) is 0 Å². The first-order chi connectivity index (χ1) is 9.11. The summed E-state index contributed by atoms with van der Waals surface area (Å²) in [5.74, 6) is 0.729. The molecule has 6 heteroatoms. The van der Waals surface area contributed by atoms with Gasteiger partial charge in [0.15, 0.2) is 0 Å². The first-order valence-corrected chi connectivity index (χ1v) is 5.99. The lowest BCUT2D eigenvalue weighted by molar-refractivity contribution is -0.385. The SMILES string of the molecule is CCN(Cc1ccoc1)c1cc(C)c([N+](=O)[O-])cn1. The molecule has 0 bridgehead atoms. The highest BCUT2D eigenvalue weighted by molar-refractivity contribution is 5.48. The van der Waals surface area contributed by atoms with E-state index in [9.17, 15) is 10.1 Å². The van der Waals surface area contributed by atoms with E-state index in [4.69, 9.17) is 4.42 Å². The molecule has 0 aliphatic heterocycles. The van der Waals surface area contributed by atoms with E-state index in [1.165, 1.54) is 6.20 Å². The van der Waals surface area contributed by atoms with Crippen molar-refractivity contribution >= 4 is 11.5 Å². The van der Waals surface area contributed by atoms with Gasteiger partial charge in [-0.05, 0) is 26.0 Å². The average molecular weight is 261 g/mol. The molecule has 0 saturated carbocycles. The zero-order chi connectivity index (χ0) is 13.8. The summed E-state index contributed by atoms with van der Waals surface area (Å²) in [6.45, 7) is 5.15. The first-order valence-electron chi connectivity index (χ1n) is 5.99. The number of aromatic nitrogens is 1. The number of hydrogen-bond donors (Lipinski definition) is 0. The van der Waals surface area contributed by atoms with Crippen LogP contribution in [0.5, 0.6) is 0 Å². The number of furan rings is 1. The Hall–Kier alpha value is -2.37. The van der Waals surface area contributed by atoms with Crippen LogP contribution in [0.1, 0.15) is 18.1 Å². The molecule has 0 atom stereocenters. The summed E-state index contributed by atoms with van der Waals surface area (Å²) in [4.78, 5) is 16.5. The normalized spacial score (nSPS) is 10.4. The van der Waals surface area contributed by atoms with E-state index >= 15 is 0 Å². The van der Waals surface area contributed by atoms with Gasteiger partial charge in [0.05, 0.1) is 17.4 Å². The van der Waals surface area contributed by atoms with Crippen LogP contribution < -0.4 is 4.90 Å². The average Bonchev–Trinajstić information content (AvgIpc) is 2.88. The van der Waals surface area contributed by atoms with Crippen LogP contribution in [0.25, 0.3) is 0 Å². The third kappa shape index (κ3) is 2.90. The van der Waals surface area contributed by atoms with E-state index in [1.54, 1.807) is 25.5 Å². The van der Waals surface area contributed by atoms with Gasteiger partial charge >= 0.3 is 0 Å². The van der Waals surface area contributed by atoms with Gasteiger partial charge in [-0.3, -0.25) is 10.1 Å². The van der Waals surface area contributed by atoms with Gasteiger partial charge in [-0.1, -0.05) is 0 Å². The van der Waals surface area contributed by atoms with E-state index in [-0.39, 0.29) is 5.69 Å². The molecular formula is C13H15N3O3. The molecule has 6 nitrogen and oxygen atoms in total. The van der Waals surface area contributed by atoms with Crippen molar-refractivity contribution in [1.29, 1.82) is 0 Å². The van der Waals surface area contributed by atoms with Crippen molar-refractivity contribution < 1.29 is 9.34 Å². The molecule has 2 heterocycles. The molecule has 0 aliphatic rings. The summed E-state index contributed by atoms with van der Waals surface area (Å²) in [6.07, 6.45) is 4.61. The van der Waals surface area contributed by atoms with Gasteiger partial charge in [-0.25, -0.2) is 4.98 Å². The zero-order valence-electron chi connectivity index (χ0n) is 10.9. The second-order valence-corrected chi connectivity index (χ2v) is 4.23. The van der Waals surface area contributed by atoms with Gasteiger partial charge < -0.3 is 9.32 Å².